The average molecular weight is 407 g/mol. The van der Waals surface area contributed by atoms with Crippen molar-refractivity contribution in [2.75, 3.05) is 6.54 Å². The normalized spacial score (nSPS) is 12.7. The van der Waals surface area contributed by atoms with Crippen molar-refractivity contribution in [3.63, 3.8) is 0 Å². The summed E-state index contributed by atoms with van der Waals surface area (Å²) in [5, 5.41) is 5.36. The predicted molar refractivity (Wildman–Crippen MR) is 88.3 cm³/mol. The minimum Gasteiger partial charge on any atom is -0.306 e. The van der Waals surface area contributed by atoms with Crippen LogP contribution < -0.4 is 5.32 Å². The summed E-state index contributed by atoms with van der Waals surface area (Å²) < 4.78 is 28.7. The molecule has 2 rings (SSSR count). The molecule has 1 N–H and O–H groups in total. The van der Waals surface area contributed by atoms with E-state index in [1.165, 1.54) is 0 Å². The Morgan fingerprint density at radius 2 is 2.00 bits per heavy atom. The maximum absolute atomic E-state index is 14.1. The van der Waals surface area contributed by atoms with E-state index in [1.807, 2.05) is 11.4 Å². The number of aryl methyl sites for hydroxylation is 1. The standard InChI is InChI=1S/C15H16F2INS/c1-3-4-19-15(10-6-14(18)20-8-10)11-5-9(2)12(16)7-13(11)17/h5-8,15,19H,3-4H2,1-2H3. The van der Waals surface area contributed by atoms with Crippen LogP contribution in [0.2, 0.25) is 0 Å². The molecule has 1 nitrogen and oxygen atoms in total. The summed E-state index contributed by atoms with van der Waals surface area (Å²) in [7, 11) is 0. The van der Waals surface area contributed by atoms with E-state index < -0.39 is 11.6 Å². The van der Waals surface area contributed by atoms with Crippen molar-refractivity contribution in [2.24, 2.45) is 0 Å². The molecule has 0 aliphatic heterocycles. The fourth-order valence-electron chi connectivity index (χ4n) is 2.07. The Morgan fingerprint density at radius 3 is 2.60 bits per heavy atom. The molecule has 1 aromatic carbocycles. The summed E-state index contributed by atoms with van der Waals surface area (Å²) in [5.74, 6) is -0.997. The SMILES string of the molecule is CCCNC(c1csc(I)c1)c1cc(C)c(F)cc1F. The highest BCUT2D eigenvalue weighted by Crippen LogP contribution is 2.30. The molecule has 2 aromatic rings. The van der Waals surface area contributed by atoms with Crippen molar-refractivity contribution in [1.29, 1.82) is 0 Å². The van der Waals surface area contributed by atoms with Crippen LogP contribution >= 0.6 is 33.9 Å². The largest absolute Gasteiger partial charge is 0.306 e. The number of nitrogens with one attached hydrogen (secondary N) is 1. The van der Waals surface area contributed by atoms with Gasteiger partial charge in [0.2, 0.25) is 0 Å². The van der Waals surface area contributed by atoms with Crippen molar-refractivity contribution in [1.82, 2.24) is 5.32 Å². The van der Waals surface area contributed by atoms with E-state index in [-0.39, 0.29) is 6.04 Å². The van der Waals surface area contributed by atoms with Gasteiger partial charge in [-0.3, -0.25) is 0 Å². The maximum atomic E-state index is 14.1. The van der Waals surface area contributed by atoms with Crippen LogP contribution in [0.1, 0.15) is 36.1 Å². The summed E-state index contributed by atoms with van der Waals surface area (Å²) in [4.78, 5) is 0. The van der Waals surface area contributed by atoms with Crippen LogP contribution in [0.5, 0.6) is 0 Å². The van der Waals surface area contributed by atoms with Gasteiger partial charge < -0.3 is 5.32 Å². The quantitative estimate of drug-likeness (QED) is 0.686. The Bertz CT molecular complexity index is 598. The molecule has 0 aliphatic carbocycles. The molecule has 0 saturated heterocycles. The molecule has 20 heavy (non-hydrogen) atoms. The van der Waals surface area contributed by atoms with Gasteiger partial charge in [-0.25, -0.2) is 8.78 Å². The molecular weight excluding hydrogens is 391 g/mol. The van der Waals surface area contributed by atoms with Crippen LogP contribution in [0.4, 0.5) is 8.78 Å². The van der Waals surface area contributed by atoms with Crippen LogP contribution in [-0.2, 0) is 0 Å². The number of thiophene rings is 1. The lowest BCUT2D eigenvalue weighted by Gasteiger charge is -2.19. The van der Waals surface area contributed by atoms with Gasteiger partial charge in [-0.2, -0.15) is 0 Å². The number of hydrogen-bond acceptors (Lipinski definition) is 2. The van der Waals surface area contributed by atoms with Crippen molar-refractivity contribution < 1.29 is 8.78 Å². The molecule has 0 spiro atoms. The predicted octanol–water partition coefficient (Wildman–Crippen LogP) is 5.03. The lowest BCUT2D eigenvalue weighted by Crippen LogP contribution is -2.24. The molecule has 108 valence electrons. The Kier molecular flexibility index (Phi) is 5.51. The van der Waals surface area contributed by atoms with Crippen LogP contribution in [-0.4, -0.2) is 6.54 Å². The zero-order valence-corrected chi connectivity index (χ0v) is 14.3. The summed E-state index contributed by atoms with van der Waals surface area (Å²) in [5.41, 5.74) is 2.00. The van der Waals surface area contributed by atoms with E-state index in [9.17, 15) is 8.78 Å². The van der Waals surface area contributed by atoms with Crippen molar-refractivity contribution in [3.8, 4) is 0 Å². The van der Waals surface area contributed by atoms with E-state index in [4.69, 9.17) is 0 Å². The minimum absolute atomic E-state index is 0.228. The summed E-state index contributed by atoms with van der Waals surface area (Å²) in [6.07, 6.45) is 0.958. The molecule has 1 heterocycles. The monoisotopic (exact) mass is 407 g/mol. The van der Waals surface area contributed by atoms with Gasteiger partial charge in [0.25, 0.3) is 0 Å². The molecule has 1 aromatic heterocycles. The molecule has 0 fully saturated rings. The average Bonchev–Trinajstić information content (AvgIpc) is 2.82. The van der Waals surface area contributed by atoms with Crippen molar-refractivity contribution in [3.05, 3.63) is 54.8 Å². The third kappa shape index (κ3) is 3.56. The van der Waals surface area contributed by atoms with E-state index in [1.54, 1.807) is 24.3 Å². The third-order valence-corrected chi connectivity index (χ3v) is 4.92. The van der Waals surface area contributed by atoms with Crippen molar-refractivity contribution in [2.45, 2.75) is 26.3 Å². The lowest BCUT2D eigenvalue weighted by atomic mass is 9.98. The number of halogens is 3. The Hall–Kier alpha value is -0.530. The second-order valence-electron chi connectivity index (χ2n) is 4.69. The summed E-state index contributed by atoms with van der Waals surface area (Å²) in [6, 6.07) is 4.39. The smallest absolute Gasteiger partial charge is 0.131 e. The fraction of sp³-hybridized carbons (Fsp3) is 0.333. The van der Waals surface area contributed by atoms with Gasteiger partial charge in [-0.05, 0) is 71.1 Å². The van der Waals surface area contributed by atoms with Crippen LogP contribution in [0.3, 0.4) is 0 Å². The highest BCUT2D eigenvalue weighted by atomic mass is 127. The van der Waals surface area contributed by atoms with Crippen LogP contribution in [0.15, 0.2) is 23.6 Å². The zero-order chi connectivity index (χ0) is 14.7. The van der Waals surface area contributed by atoms with E-state index in [2.05, 4.69) is 34.8 Å². The van der Waals surface area contributed by atoms with E-state index in [0.717, 1.165) is 27.5 Å². The van der Waals surface area contributed by atoms with Gasteiger partial charge in [0.05, 0.1) is 8.93 Å². The first-order valence-electron chi connectivity index (χ1n) is 6.45. The number of benzene rings is 1. The molecule has 0 amide bonds. The number of rotatable bonds is 5. The molecule has 1 atom stereocenters. The lowest BCUT2D eigenvalue weighted by molar-refractivity contribution is 0.530. The molecule has 0 saturated carbocycles. The van der Waals surface area contributed by atoms with Gasteiger partial charge in [0.1, 0.15) is 11.6 Å². The van der Waals surface area contributed by atoms with E-state index in [0.29, 0.717) is 11.1 Å². The van der Waals surface area contributed by atoms with Crippen LogP contribution in [0.25, 0.3) is 0 Å². The molecule has 1 unspecified atom stereocenters. The van der Waals surface area contributed by atoms with Gasteiger partial charge in [0.15, 0.2) is 0 Å². The topological polar surface area (TPSA) is 12.0 Å². The Morgan fingerprint density at radius 1 is 1.25 bits per heavy atom. The second-order valence-corrected chi connectivity index (χ2v) is 7.50. The molecular formula is C15H16F2INS. The summed E-state index contributed by atoms with van der Waals surface area (Å²) >= 11 is 3.87. The highest BCUT2D eigenvalue weighted by molar-refractivity contribution is 14.1. The summed E-state index contributed by atoms with van der Waals surface area (Å²) in [6.45, 7) is 4.51. The van der Waals surface area contributed by atoms with Gasteiger partial charge in [-0.15, -0.1) is 11.3 Å². The molecule has 0 aliphatic rings. The second kappa shape index (κ2) is 6.95. The maximum Gasteiger partial charge on any atom is 0.131 e. The van der Waals surface area contributed by atoms with Gasteiger partial charge in [0, 0.05) is 11.6 Å². The molecule has 0 bridgehead atoms. The highest BCUT2D eigenvalue weighted by Gasteiger charge is 2.20. The first kappa shape index (κ1) is 15.9. The Labute approximate surface area is 135 Å². The van der Waals surface area contributed by atoms with Crippen molar-refractivity contribution >= 4 is 33.9 Å². The van der Waals surface area contributed by atoms with E-state index >= 15 is 0 Å². The molecule has 0 radical (unpaired) electrons. The minimum atomic E-state index is -0.500. The van der Waals surface area contributed by atoms with Gasteiger partial charge >= 0.3 is 0 Å². The Balaban J connectivity index is 2.43. The first-order chi connectivity index (χ1) is 9.52. The third-order valence-electron chi connectivity index (χ3n) is 3.11. The molecule has 5 heteroatoms. The fourth-order valence-corrected chi connectivity index (χ4v) is 3.47. The first-order valence-corrected chi connectivity index (χ1v) is 8.41. The van der Waals surface area contributed by atoms with Gasteiger partial charge in [-0.1, -0.05) is 6.92 Å². The number of hydrogen-bond donors (Lipinski definition) is 1. The van der Waals surface area contributed by atoms with Crippen LogP contribution in [0, 0.1) is 21.4 Å². The zero-order valence-electron chi connectivity index (χ0n) is 11.3.